The zero-order valence-electron chi connectivity index (χ0n) is 25.4. The second-order valence-electron chi connectivity index (χ2n) is 11.5. The van der Waals surface area contributed by atoms with Crippen molar-refractivity contribution in [1.82, 2.24) is 28.7 Å². The minimum absolute atomic E-state index is 0.0352. The highest BCUT2D eigenvalue weighted by atomic mass is 79.9. The number of aromatic amines is 1. The molecule has 1 unspecified atom stereocenters. The van der Waals surface area contributed by atoms with Gasteiger partial charge in [-0.25, -0.2) is 18.4 Å². The number of hydrogen-bond acceptors (Lipinski definition) is 7. The number of nitrogens with zero attached hydrogens (tertiary/aromatic N) is 5. The number of rotatable bonds is 10. The normalized spacial score (nSPS) is 16.8. The number of aryl methyl sites for hydroxylation is 1. The fourth-order valence-electron chi connectivity index (χ4n) is 6.03. The van der Waals surface area contributed by atoms with E-state index in [0.717, 1.165) is 49.4 Å². The lowest BCUT2D eigenvalue weighted by Crippen LogP contribution is -2.32. The van der Waals surface area contributed by atoms with Crippen LogP contribution in [0.2, 0.25) is 0 Å². The largest absolute Gasteiger partial charge is 0.378 e. The molecule has 0 radical (unpaired) electrons. The number of hydrogen-bond donors (Lipinski definition) is 3. The third kappa shape index (κ3) is 5.95. The summed E-state index contributed by atoms with van der Waals surface area (Å²) in [6.45, 7) is 9.24. The number of sulfonamides is 1. The molecule has 0 bridgehead atoms. The molecule has 0 spiro atoms. The van der Waals surface area contributed by atoms with Gasteiger partial charge in [0.1, 0.15) is 11.3 Å². The lowest BCUT2D eigenvalue weighted by atomic mass is 9.92. The van der Waals surface area contributed by atoms with E-state index < -0.39 is 15.9 Å². The van der Waals surface area contributed by atoms with Crippen molar-refractivity contribution in [2.75, 3.05) is 44.8 Å². The van der Waals surface area contributed by atoms with E-state index in [1.165, 1.54) is 0 Å². The quantitative estimate of drug-likeness (QED) is 0.231. The van der Waals surface area contributed by atoms with Crippen LogP contribution in [0.5, 0.6) is 0 Å². The number of nitrogens with one attached hydrogen (secondary N) is 2. The lowest BCUT2D eigenvalue weighted by Gasteiger charge is -2.23. The zero-order chi connectivity index (χ0) is 31.2. The predicted octanol–water partition coefficient (Wildman–Crippen LogP) is 4.07. The zero-order valence-corrected chi connectivity index (χ0v) is 27.8. The number of amides is 1. The number of anilines is 1. The Balaban J connectivity index is 1.51. The summed E-state index contributed by atoms with van der Waals surface area (Å²) in [5, 5.41) is 3.54. The summed E-state index contributed by atoms with van der Waals surface area (Å²) in [6.07, 6.45) is 2.42. The van der Waals surface area contributed by atoms with Crippen LogP contribution in [0.3, 0.4) is 0 Å². The maximum atomic E-state index is 12.4. The van der Waals surface area contributed by atoms with E-state index in [1.807, 2.05) is 38.1 Å². The summed E-state index contributed by atoms with van der Waals surface area (Å²) < 4.78 is 29.3. The summed E-state index contributed by atoms with van der Waals surface area (Å²) in [4.78, 5) is 27.3. The minimum Gasteiger partial charge on any atom is -0.378 e. The van der Waals surface area contributed by atoms with Crippen LogP contribution in [-0.4, -0.2) is 88.6 Å². The number of carbonyl (C=O) groups excluding carboxylic acids is 1. The molecule has 5 rings (SSSR count). The third-order valence-electron chi connectivity index (χ3n) is 8.27. The average Bonchev–Trinajstić information content (AvgIpc) is 3.67. The Morgan fingerprint density at radius 2 is 2.02 bits per heavy atom. The molecule has 13 heteroatoms. The molecule has 11 nitrogen and oxygen atoms in total. The smallest absolute Gasteiger partial charge is 0.226 e. The number of pyridine rings is 1. The Hall–Kier alpha value is -3.26. The van der Waals surface area contributed by atoms with Gasteiger partial charge in [-0.05, 0) is 87.4 Å². The summed E-state index contributed by atoms with van der Waals surface area (Å²) in [5.74, 6) is 0.00126. The number of likely N-dealkylation sites (N-methyl/N-ethyl adjacent to an activating group) is 1. The van der Waals surface area contributed by atoms with Gasteiger partial charge in [-0.1, -0.05) is 12.1 Å². The first-order valence-corrected chi connectivity index (χ1v) is 16.7. The van der Waals surface area contributed by atoms with E-state index >= 15 is 0 Å². The van der Waals surface area contributed by atoms with Crippen LogP contribution in [0, 0.1) is 20.8 Å². The second kappa shape index (κ2) is 12.0. The number of fused-ring (bicyclic) bond motifs is 1. The summed E-state index contributed by atoms with van der Waals surface area (Å²) in [7, 11) is 0.630. The number of carbonyl (C=O) groups is 1. The molecule has 1 aliphatic heterocycles. The first-order valence-electron chi connectivity index (χ1n) is 14.3. The van der Waals surface area contributed by atoms with Gasteiger partial charge < -0.3 is 25.5 Å². The van der Waals surface area contributed by atoms with Crippen molar-refractivity contribution in [3.63, 3.8) is 0 Å². The van der Waals surface area contributed by atoms with Gasteiger partial charge in [0.25, 0.3) is 0 Å². The first-order chi connectivity index (χ1) is 20.3. The fourth-order valence-corrected chi connectivity index (χ4v) is 7.60. The Morgan fingerprint density at radius 3 is 2.70 bits per heavy atom. The predicted molar refractivity (Wildman–Crippen MR) is 174 cm³/mol. The summed E-state index contributed by atoms with van der Waals surface area (Å²) in [6, 6.07) is 8.06. The van der Waals surface area contributed by atoms with Gasteiger partial charge in [0, 0.05) is 54.5 Å². The van der Waals surface area contributed by atoms with Crippen molar-refractivity contribution in [3.05, 3.63) is 57.4 Å². The van der Waals surface area contributed by atoms with Crippen LogP contribution in [-0.2, 0) is 14.8 Å². The molecule has 43 heavy (non-hydrogen) atoms. The molecule has 4 N–H and O–H groups in total. The van der Waals surface area contributed by atoms with Gasteiger partial charge in [0.05, 0.1) is 21.8 Å². The molecule has 0 aliphatic carbocycles. The number of halogens is 1. The van der Waals surface area contributed by atoms with Crippen molar-refractivity contribution in [1.29, 1.82) is 0 Å². The number of nitrogens with two attached hydrogens (primary N) is 1. The molecule has 4 heterocycles. The number of imidazole rings is 1. The number of aromatic nitrogens is 4. The van der Waals surface area contributed by atoms with Gasteiger partial charge in [-0.2, -0.15) is 4.31 Å². The van der Waals surface area contributed by atoms with Crippen molar-refractivity contribution < 1.29 is 13.2 Å². The van der Waals surface area contributed by atoms with Gasteiger partial charge >= 0.3 is 0 Å². The van der Waals surface area contributed by atoms with Crippen LogP contribution in [0.25, 0.3) is 28.2 Å². The molecule has 1 fully saturated rings. The second-order valence-corrected chi connectivity index (χ2v) is 14.6. The summed E-state index contributed by atoms with van der Waals surface area (Å²) in [5.41, 5.74) is 13.8. The van der Waals surface area contributed by atoms with Gasteiger partial charge in [0.2, 0.25) is 15.9 Å². The molecular weight excluding hydrogens is 632 g/mol. The molecule has 4 aromatic rings. The van der Waals surface area contributed by atoms with Crippen molar-refractivity contribution in [2.24, 2.45) is 5.73 Å². The molecule has 230 valence electrons. The lowest BCUT2D eigenvalue weighted by molar-refractivity contribution is -0.119. The number of H-pyrrole nitrogens is 1. The average molecular weight is 672 g/mol. The fraction of sp³-hybridized carbons (Fsp3) is 0.433. The number of primary amides is 1. The molecular formula is C30H39BrN8O3S. The van der Waals surface area contributed by atoms with Gasteiger partial charge in [-0.3, -0.25) is 4.79 Å². The maximum Gasteiger partial charge on any atom is 0.226 e. The monoisotopic (exact) mass is 670 g/mol. The van der Waals surface area contributed by atoms with E-state index in [9.17, 15) is 13.2 Å². The highest BCUT2D eigenvalue weighted by molar-refractivity contribution is 9.10. The van der Waals surface area contributed by atoms with Gasteiger partial charge in [0.15, 0.2) is 5.65 Å². The molecule has 1 amide bonds. The standard InChI is InChI=1S/C30H39BrN8O3S/c1-7-43(41,42)38-12-11-20(15-38)34-26-24(31)14-33-30-27(26)35-29(36-30)22-13-17(2)39(19(22)4)25-10-8-9-21(18(25)3)23(28(32)40)16-37(5)6/h8-10,13-14,20,23H,7,11-12,15-16H2,1-6H3,(H2,32,40)(H2,33,34,35,36)/t20-,23?/m0/s1. The highest BCUT2D eigenvalue weighted by Gasteiger charge is 2.31. The van der Waals surface area contributed by atoms with E-state index in [4.69, 9.17) is 10.7 Å². The van der Waals surface area contributed by atoms with Crippen molar-refractivity contribution >= 4 is 48.7 Å². The van der Waals surface area contributed by atoms with Crippen LogP contribution in [0.15, 0.2) is 34.9 Å². The van der Waals surface area contributed by atoms with Crippen LogP contribution < -0.4 is 11.1 Å². The van der Waals surface area contributed by atoms with Crippen LogP contribution in [0.1, 0.15) is 41.8 Å². The Kier molecular flexibility index (Phi) is 8.72. The Bertz CT molecular complexity index is 1800. The Morgan fingerprint density at radius 1 is 1.28 bits per heavy atom. The number of benzene rings is 1. The van der Waals surface area contributed by atoms with Crippen molar-refractivity contribution in [2.45, 2.75) is 46.1 Å². The van der Waals surface area contributed by atoms with E-state index in [-0.39, 0.29) is 17.7 Å². The Labute approximate surface area is 261 Å². The molecule has 1 aromatic carbocycles. The molecule has 0 saturated carbocycles. The van der Waals surface area contributed by atoms with Crippen LogP contribution in [0.4, 0.5) is 5.69 Å². The molecule has 2 atom stereocenters. The van der Waals surface area contributed by atoms with E-state index in [0.29, 0.717) is 37.5 Å². The van der Waals surface area contributed by atoms with Gasteiger partial charge in [-0.15, -0.1) is 0 Å². The van der Waals surface area contributed by atoms with E-state index in [1.54, 1.807) is 17.4 Å². The molecule has 1 saturated heterocycles. The van der Waals surface area contributed by atoms with Crippen LogP contribution >= 0.6 is 15.9 Å². The van der Waals surface area contributed by atoms with E-state index in [2.05, 4.69) is 61.8 Å². The maximum absolute atomic E-state index is 12.4. The molecule has 3 aromatic heterocycles. The highest BCUT2D eigenvalue weighted by Crippen LogP contribution is 2.36. The van der Waals surface area contributed by atoms with Crippen molar-refractivity contribution in [3.8, 4) is 17.1 Å². The first kappa shape index (κ1) is 31.2. The topological polar surface area (TPSA) is 142 Å². The minimum atomic E-state index is -3.24. The third-order valence-corrected chi connectivity index (χ3v) is 10.7. The SMILES string of the molecule is CCS(=O)(=O)N1CC[C@H](Nc2c(Br)cnc3nc(-c4cc(C)n(-c5cccc(C(CN(C)C)C(N)=O)c5C)c4C)[nH]c23)C1. The molecule has 1 aliphatic rings. The summed E-state index contributed by atoms with van der Waals surface area (Å²) >= 11 is 3.63.